The summed E-state index contributed by atoms with van der Waals surface area (Å²) in [6.45, 7) is 4.92. The summed E-state index contributed by atoms with van der Waals surface area (Å²) >= 11 is 0. The molecule has 3 amide bonds. The van der Waals surface area contributed by atoms with Crippen LogP contribution in [-0.2, 0) is 4.79 Å². The Labute approximate surface area is 154 Å². The Hall–Kier alpha value is -2.31. The van der Waals surface area contributed by atoms with Gasteiger partial charge >= 0.3 is 6.03 Å². The average Bonchev–Trinajstić information content (AvgIpc) is 2.61. The highest BCUT2D eigenvalue weighted by Gasteiger charge is 2.32. The summed E-state index contributed by atoms with van der Waals surface area (Å²) in [6, 6.07) is 4.43. The molecule has 1 saturated heterocycles. The van der Waals surface area contributed by atoms with E-state index in [1.54, 1.807) is 34.9 Å². The maximum absolute atomic E-state index is 14.1. The lowest BCUT2D eigenvalue weighted by Gasteiger charge is -2.36. The van der Waals surface area contributed by atoms with Crippen molar-refractivity contribution in [2.45, 2.75) is 32.7 Å². The van der Waals surface area contributed by atoms with E-state index in [-0.39, 0.29) is 29.6 Å². The van der Waals surface area contributed by atoms with Gasteiger partial charge in [-0.05, 0) is 38.8 Å². The van der Waals surface area contributed by atoms with Gasteiger partial charge in [0, 0.05) is 50.9 Å². The lowest BCUT2D eigenvalue weighted by atomic mass is 9.94. The molecule has 0 N–H and O–H groups in total. The molecule has 1 aliphatic rings. The first-order chi connectivity index (χ1) is 12.3. The molecule has 7 heteroatoms. The molecule has 26 heavy (non-hydrogen) atoms. The van der Waals surface area contributed by atoms with Crippen molar-refractivity contribution in [2.75, 3.05) is 39.2 Å². The van der Waals surface area contributed by atoms with Gasteiger partial charge in [0.15, 0.2) is 11.6 Å². The lowest BCUT2D eigenvalue weighted by Crippen LogP contribution is -2.48. The fourth-order valence-corrected chi connectivity index (χ4v) is 3.28. The molecular formula is C19H28FN3O3. The van der Waals surface area contributed by atoms with Crippen molar-refractivity contribution >= 4 is 17.6 Å². The summed E-state index contributed by atoms with van der Waals surface area (Å²) in [5, 5.41) is 0. The number of halogens is 1. The lowest BCUT2D eigenvalue weighted by molar-refractivity contribution is -0.124. The highest BCUT2D eigenvalue weighted by molar-refractivity contribution is 5.95. The fourth-order valence-electron chi connectivity index (χ4n) is 3.28. The summed E-state index contributed by atoms with van der Waals surface area (Å²) < 4.78 is 19.0. The standard InChI is InChI=1S/C19H28FN3O3/c1-13(2)23(15-6-7-17(26-5)16(20)12-15)18(24)14-8-10-22(11-9-14)19(25)21(3)4/h6-7,12-14H,8-11H2,1-5H3. The van der Waals surface area contributed by atoms with Crippen molar-refractivity contribution in [3.05, 3.63) is 24.0 Å². The van der Waals surface area contributed by atoms with Crippen molar-refractivity contribution in [2.24, 2.45) is 5.92 Å². The number of piperidine rings is 1. The number of nitrogens with zero attached hydrogens (tertiary/aromatic N) is 3. The number of amides is 3. The van der Waals surface area contributed by atoms with E-state index in [4.69, 9.17) is 4.74 Å². The smallest absolute Gasteiger partial charge is 0.319 e. The van der Waals surface area contributed by atoms with E-state index >= 15 is 0 Å². The third-order valence-corrected chi connectivity index (χ3v) is 4.66. The molecule has 1 fully saturated rings. The molecule has 1 aromatic carbocycles. The Bertz CT molecular complexity index is 655. The van der Waals surface area contributed by atoms with Gasteiger partial charge in [0.2, 0.25) is 5.91 Å². The van der Waals surface area contributed by atoms with Crippen LogP contribution in [0.25, 0.3) is 0 Å². The predicted molar refractivity (Wildman–Crippen MR) is 99.0 cm³/mol. The average molecular weight is 365 g/mol. The summed E-state index contributed by atoms with van der Waals surface area (Å²) in [7, 11) is 4.85. The summed E-state index contributed by atoms with van der Waals surface area (Å²) in [4.78, 5) is 30.1. The second-order valence-corrected chi connectivity index (χ2v) is 7.06. The molecule has 0 radical (unpaired) electrons. The van der Waals surface area contributed by atoms with Crippen molar-refractivity contribution < 1.29 is 18.7 Å². The van der Waals surface area contributed by atoms with Crippen LogP contribution in [0.3, 0.4) is 0 Å². The minimum atomic E-state index is -0.491. The summed E-state index contributed by atoms with van der Waals surface area (Å²) in [5.74, 6) is -0.537. The third kappa shape index (κ3) is 4.26. The molecule has 0 bridgehead atoms. The molecule has 0 unspecified atom stereocenters. The molecule has 144 valence electrons. The molecule has 1 aromatic rings. The number of urea groups is 1. The number of carbonyl (C=O) groups excluding carboxylic acids is 2. The van der Waals surface area contributed by atoms with Crippen LogP contribution in [0.15, 0.2) is 18.2 Å². The second-order valence-electron chi connectivity index (χ2n) is 7.06. The van der Waals surface area contributed by atoms with Crippen molar-refractivity contribution in [1.29, 1.82) is 0 Å². The molecule has 0 spiro atoms. The van der Waals surface area contributed by atoms with E-state index < -0.39 is 5.82 Å². The number of ether oxygens (including phenoxy) is 1. The van der Waals surface area contributed by atoms with Crippen LogP contribution >= 0.6 is 0 Å². The van der Waals surface area contributed by atoms with Gasteiger partial charge in [0.05, 0.1) is 7.11 Å². The van der Waals surface area contributed by atoms with Crippen molar-refractivity contribution in [1.82, 2.24) is 9.80 Å². The van der Waals surface area contributed by atoms with Crippen LogP contribution in [0, 0.1) is 11.7 Å². The number of likely N-dealkylation sites (tertiary alicyclic amines) is 1. The molecule has 0 atom stereocenters. The van der Waals surface area contributed by atoms with Crippen LogP contribution in [0.2, 0.25) is 0 Å². The Morgan fingerprint density at radius 3 is 2.31 bits per heavy atom. The maximum atomic E-state index is 14.1. The van der Waals surface area contributed by atoms with Gasteiger partial charge < -0.3 is 19.4 Å². The van der Waals surface area contributed by atoms with Crippen LogP contribution in [0.4, 0.5) is 14.9 Å². The second kappa shape index (κ2) is 8.38. The van der Waals surface area contributed by atoms with Crippen LogP contribution in [0.1, 0.15) is 26.7 Å². The first-order valence-electron chi connectivity index (χ1n) is 8.89. The topological polar surface area (TPSA) is 53.1 Å². The van der Waals surface area contributed by atoms with Gasteiger partial charge in [-0.2, -0.15) is 0 Å². The van der Waals surface area contributed by atoms with E-state index in [0.29, 0.717) is 31.6 Å². The van der Waals surface area contributed by atoms with Gasteiger partial charge in [-0.3, -0.25) is 4.79 Å². The highest BCUT2D eigenvalue weighted by Crippen LogP contribution is 2.28. The zero-order valence-corrected chi connectivity index (χ0v) is 16.2. The monoisotopic (exact) mass is 365 g/mol. The maximum Gasteiger partial charge on any atom is 0.319 e. The first kappa shape index (κ1) is 20.0. The Morgan fingerprint density at radius 1 is 1.23 bits per heavy atom. The number of hydrogen-bond acceptors (Lipinski definition) is 3. The zero-order chi connectivity index (χ0) is 19.4. The van der Waals surface area contributed by atoms with Gasteiger partial charge in [-0.1, -0.05) is 0 Å². The molecule has 1 aliphatic heterocycles. The zero-order valence-electron chi connectivity index (χ0n) is 16.2. The number of methoxy groups -OCH3 is 1. The van der Waals surface area contributed by atoms with Gasteiger partial charge in [-0.25, -0.2) is 9.18 Å². The molecular weight excluding hydrogens is 337 g/mol. The van der Waals surface area contributed by atoms with Crippen molar-refractivity contribution in [3.8, 4) is 5.75 Å². The van der Waals surface area contributed by atoms with Gasteiger partial charge in [-0.15, -0.1) is 0 Å². The minimum absolute atomic E-state index is 0.0264. The van der Waals surface area contributed by atoms with Crippen LogP contribution in [-0.4, -0.2) is 62.1 Å². The Balaban J connectivity index is 2.13. The third-order valence-electron chi connectivity index (χ3n) is 4.66. The van der Waals surface area contributed by atoms with E-state index in [1.165, 1.54) is 19.2 Å². The molecule has 0 saturated carbocycles. The fraction of sp³-hybridized carbons (Fsp3) is 0.579. The van der Waals surface area contributed by atoms with Gasteiger partial charge in [0.25, 0.3) is 0 Å². The molecule has 1 heterocycles. The number of carbonyl (C=O) groups is 2. The minimum Gasteiger partial charge on any atom is -0.494 e. The largest absolute Gasteiger partial charge is 0.494 e. The van der Waals surface area contributed by atoms with E-state index in [0.717, 1.165) is 0 Å². The molecule has 2 rings (SSSR count). The van der Waals surface area contributed by atoms with Crippen LogP contribution < -0.4 is 9.64 Å². The SMILES string of the molecule is COc1ccc(N(C(=O)C2CCN(C(=O)N(C)C)CC2)C(C)C)cc1F. The van der Waals surface area contributed by atoms with E-state index in [2.05, 4.69) is 0 Å². The first-order valence-corrected chi connectivity index (χ1v) is 8.89. The molecule has 0 aliphatic carbocycles. The van der Waals surface area contributed by atoms with E-state index in [1.807, 2.05) is 13.8 Å². The summed E-state index contributed by atoms with van der Waals surface area (Å²) in [5.41, 5.74) is 0.523. The number of benzene rings is 1. The Morgan fingerprint density at radius 2 is 1.85 bits per heavy atom. The number of hydrogen-bond donors (Lipinski definition) is 0. The Kier molecular flexibility index (Phi) is 6.45. The normalized spacial score (nSPS) is 15.1. The molecule has 0 aromatic heterocycles. The summed E-state index contributed by atoms with van der Waals surface area (Å²) in [6.07, 6.45) is 1.22. The van der Waals surface area contributed by atoms with E-state index in [9.17, 15) is 14.0 Å². The number of anilines is 1. The van der Waals surface area contributed by atoms with Crippen LogP contribution in [0.5, 0.6) is 5.75 Å². The van der Waals surface area contributed by atoms with Crippen molar-refractivity contribution in [3.63, 3.8) is 0 Å². The highest BCUT2D eigenvalue weighted by atomic mass is 19.1. The predicted octanol–water partition coefficient (Wildman–Crippen LogP) is 2.97. The number of rotatable bonds is 4. The quantitative estimate of drug-likeness (QED) is 0.824. The molecule has 6 nitrogen and oxygen atoms in total. The van der Waals surface area contributed by atoms with Gasteiger partial charge in [0.1, 0.15) is 0 Å².